The molecule has 0 spiro atoms. The van der Waals surface area contributed by atoms with Crippen LogP contribution >= 0.6 is 0 Å². The maximum absolute atomic E-state index is 12.4. The van der Waals surface area contributed by atoms with E-state index in [0.29, 0.717) is 13.0 Å². The molecule has 2 aromatic carbocycles. The fraction of sp³-hybridized carbons (Fsp3) is 0.316. The zero-order valence-corrected chi connectivity index (χ0v) is 12.5. The third-order valence-corrected chi connectivity index (χ3v) is 3.83. The Balaban J connectivity index is 1.59. The van der Waals surface area contributed by atoms with E-state index in [4.69, 9.17) is 9.47 Å². The molecule has 1 fully saturated rings. The summed E-state index contributed by atoms with van der Waals surface area (Å²) in [5, 5.41) is 0. The average molecular weight is 296 g/mol. The first kappa shape index (κ1) is 14.8. The highest BCUT2D eigenvalue weighted by Crippen LogP contribution is 2.24. The molecule has 1 heterocycles. The number of carbonyl (C=O) groups is 1. The first-order valence-corrected chi connectivity index (χ1v) is 7.67. The summed E-state index contributed by atoms with van der Waals surface area (Å²) >= 11 is 0. The topological polar surface area (TPSA) is 38.8 Å². The summed E-state index contributed by atoms with van der Waals surface area (Å²) in [5.41, 5.74) is 2.17. The minimum atomic E-state index is -0.140. The molecule has 3 heteroatoms. The number of epoxide rings is 1. The van der Waals surface area contributed by atoms with Crippen molar-refractivity contribution in [1.29, 1.82) is 0 Å². The van der Waals surface area contributed by atoms with Crippen molar-refractivity contribution >= 4 is 5.97 Å². The lowest BCUT2D eigenvalue weighted by atomic mass is 9.95. The minimum Gasteiger partial charge on any atom is -0.461 e. The molecule has 3 nitrogen and oxygen atoms in total. The van der Waals surface area contributed by atoms with Gasteiger partial charge >= 0.3 is 5.97 Å². The molecular weight excluding hydrogens is 276 g/mol. The van der Waals surface area contributed by atoms with Gasteiger partial charge in [0, 0.05) is 0 Å². The smallest absolute Gasteiger partial charge is 0.309 e. The van der Waals surface area contributed by atoms with Crippen LogP contribution in [0.3, 0.4) is 0 Å². The number of ether oxygens (including phenoxy) is 2. The van der Waals surface area contributed by atoms with Gasteiger partial charge in [-0.05, 0) is 24.0 Å². The van der Waals surface area contributed by atoms with E-state index in [1.165, 1.54) is 0 Å². The van der Waals surface area contributed by atoms with Gasteiger partial charge in [-0.2, -0.15) is 0 Å². The van der Waals surface area contributed by atoms with Gasteiger partial charge in [-0.15, -0.1) is 0 Å². The largest absolute Gasteiger partial charge is 0.461 e. The number of carbonyl (C=O) groups excluding carboxylic acids is 1. The molecule has 1 saturated heterocycles. The molecule has 0 aromatic heterocycles. The van der Waals surface area contributed by atoms with Crippen molar-refractivity contribution in [2.24, 2.45) is 5.92 Å². The Kier molecular flexibility index (Phi) is 4.86. The van der Waals surface area contributed by atoms with Crippen LogP contribution in [0.2, 0.25) is 0 Å². The van der Waals surface area contributed by atoms with E-state index in [-0.39, 0.29) is 18.0 Å². The summed E-state index contributed by atoms with van der Waals surface area (Å²) < 4.78 is 10.8. The first-order valence-electron chi connectivity index (χ1n) is 7.67. The van der Waals surface area contributed by atoms with Crippen molar-refractivity contribution < 1.29 is 14.3 Å². The normalized spacial score (nSPS) is 17.7. The maximum atomic E-state index is 12.4. The number of hydrogen-bond acceptors (Lipinski definition) is 3. The second-order valence-corrected chi connectivity index (χ2v) is 5.67. The highest BCUT2D eigenvalue weighted by Gasteiger charge is 2.31. The van der Waals surface area contributed by atoms with Gasteiger partial charge in [0.15, 0.2) is 0 Å². The number of esters is 1. The zero-order chi connectivity index (χ0) is 15.2. The van der Waals surface area contributed by atoms with Crippen molar-refractivity contribution in [1.82, 2.24) is 0 Å². The van der Waals surface area contributed by atoms with Crippen LogP contribution in [0.1, 0.15) is 17.5 Å². The van der Waals surface area contributed by atoms with E-state index in [1.807, 2.05) is 60.7 Å². The Labute approximate surface area is 130 Å². The van der Waals surface area contributed by atoms with Crippen LogP contribution in [-0.2, 0) is 27.3 Å². The highest BCUT2D eigenvalue weighted by atomic mass is 16.6. The second-order valence-electron chi connectivity index (χ2n) is 5.67. The molecule has 0 N–H and O–H groups in total. The molecule has 2 atom stereocenters. The number of benzene rings is 2. The van der Waals surface area contributed by atoms with Crippen LogP contribution < -0.4 is 0 Å². The summed E-state index contributed by atoms with van der Waals surface area (Å²) in [6.07, 6.45) is 1.66. The molecule has 114 valence electrons. The van der Waals surface area contributed by atoms with Gasteiger partial charge in [0.25, 0.3) is 0 Å². The lowest BCUT2D eigenvalue weighted by Gasteiger charge is -2.15. The van der Waals surface area contributed by atoms with Crippen LogP contribution in [0, 0.1) is 5.92 Å². The van der Waals surface area contributed by atoms with Gasteiger partial charge in [0.1, 0.15) is 6.61 Å². The lowest BCUT2D eigenvalue weighted by Crippen LogP contribution is -2.22. The standard InChI is InChI=1S/C19H20O3/c20-19(22-13-16-9-5-2-6-10-16)17(12-18-14-21-18)11-15-7-3-1-4-8-15/h1-10,17-18H,11-14H2. The molecular formula is C19H20O3. The fourth-order valence-electron chi connectivity index (χ4n) is 2.53. The predicted molar refractivity (Wildman–Crippen MR) is 84.2 cm³/mol. The minimum absolute atomic E-state index is 0.136. The highest BCUT2D eigenvalue weighted by molar-refractivity contribution is 5.73. The number of rotatable bonds is 7. The Morgan fingerprint density at radius 1 is 1.05 bits per heavy atom. The lowest BCUT2D eigenvalue weighted by molar-refractivity contribution is -0.150. The van der Waals surface area contributed by atoms with Crippen LogP contribution in [0.4, 0.5) is 0 Å². The summed E-state index contributed by atoms with van der Waals surface area (Å²) in [4.78, 5) is 12.4. The van der Waals surface area contributed by atoms with Crippen LogP contribution in [0.15, 0.2) is 60.7 Å². The molecule has 1 aliphatic rings. The first-order chi connectivity index (χ1) is 10.8. The van der Waals surface area contributed by atoms with E-state index < -0.39 is 0 Å². The molecule has 3 rings (SSSR count). The van der Waals surface area contributed by atoms with Crippen molar-refractivity contribution in [2.45, 2.75) is 25.6 Å². The molecule has 0 aliphatic carbocycles. The fourth-order valence-corrected chi connectivity index (χ4v) is 2.53. The van der Waals surface area contributed by atoms with Gasteiger partial charge in [0.05, 0.1) is 18.6 Å². The Bertz CT molecular complexity index is 591. The third kappa shape index (κ3) is 4.43. The van der Waals surface area contributed by atoms with Crippen LogP contribution in [0.25, 0.3) is 0 Å². The van der Waals surface area contributed by atoms with Crippen molar-refractivity contribution in [3.8, 4) is 0 Å². The van der Waals surface area contributed by atoms with Gasteiger partial charge in [-0.25, -0.2) is 0 Å². The van der Waals surface area contributed by atoms with Crippen molar-refractivity contribution in [3.63, 3.8) is 0 Å². The quantitative estimate of drug-likeness (QED) is 0.581. The molecule has 1 aliphatic heterocycles. The summed E-state index contributed by atoms with van der Waals surface area (Å²) in [6.45, 7) is 1.09. The van der Waals surface area contributed by atoms with E-state index in [0.717, 1.165) is 24.2 Å². The zero-order valence-electron chi connectivity index (χ0n) is 12.5. The molecule has 22 heavy (non-hydrogen) atoms. The summed E-state index contributed by atoms with van der Waals surface area (Å²) in [5.74, 6) is -0.276. The molecule has 0 amide bonds. The molecule has 2 aromatic rings. The van der Waals surface area contributed by atoms with E-state index in [2.05, 4.69) is 0 Å². The third-order valence-electron chi connectivity index (χ3n) is 3.83. The molecule has 0 radical (unpaired) electrons. The van der Waals surface area contributed by atoms with Gasteiger partial charge in [-0.1, -0.05) is 60.7 Å². The molecule has 0 bridgehead atoms. The molecule has 2 unspecified atom stereocenters. The van der Waals surface area contributed by atoms with Crippen molar-refractivity contribution in [2.75, 3.05) is 6.61 Å². The predicted octanol–water partition coefficient (Wildman–Crippen LogP) is 3.38. The molecule has 0 saturated carbocycles. The monoisotopic (exact) mass is 296 g/mol. The Morgan fingerprint density at radius 2 is 1.64 bits per heavy atom. The van der Waals surface area contributed by atoms with Crippen LogP contribution in [-0.4, -0.2) is 18.7 Å². The van der Waals surface area contributed by atoms with Gasteiger partial charge < -0.3 is 9.47 Å². The summed E-state index contributed by atoms with van der Waals surface area (Å²) in [6, 6.07) is 19.8. The Hall–Kier alpha value is -2.13. The second kappa shape index (κ2) is 7.23. The van der Waals surface area contributed by atoms with Gasteiger partial charge in [0.2, 0.25) is 0 Å². The van der Waals surface area contributed by atoms with E-state index in [9.17, 15) is 4.79 Å². The average Bonchev–Trinajstić information content (AvgIpc) is 3.38. The van der Waals surface area contributed by atoms with Crippen molar-refractivity contribution in [3.05, 3.63) is 71.8 Å². The maximum Gasteiger partial charge on any atom is 0.309 e. The summed E-state index contributed by atoms with van der Waals surface area (Å²) in [7, 11) is 0. The number of hydrogen-bond donors (Lipinski definition) is 0. The van der Waals surface area contributed by atoms with Gasteiger partial charge in [-0.3, -0.25) is 4.79 Å². The van der Waals surface area contributed by atoms with E-state index in [1.54, 1.807) is 0 Å². The Morgan fingerprint density at radius 3 is 2.23 bits per heavy atom. The van der Waals surface area contributed by atoms with E-state index >= 15 is 0 Å². The SMILES string of the molecule is O=C(OCc1ccccc1)C(Cc1ccccc1)CC1CO1. The van der Waals surface area contributed by atoms with Crippen LogP contribution in [0.5, 0.6) is 0 Å².